The molecule has 0 spiro atoms. The van der Waals surface area contributed by atoms with Gasteiger partial charge in [0.15, 0.2) is 0 Å². The van der Waals surface area contributed by atoms with Crippen LogP contribution in [0.2, 0.25) is 0 Å². The highest BCUT2D eigenvalue weighted by Gasteiger charge is 2.49. The third-order valence-electron chi connectivity index (χ3n) is 3.01. The van der Waals surface area contributed by atoms with Gasteiger partial charge in [-0.25, -0.2) is 4.79 Å². The van der Waals surface area contributed by atoms with Gasteiger partial charge in [0.25, 0.3) is 5.91 Å². The number of hydrogen-bond acceptors (Lipinski definition) is 3. The molecule has 1 aliphatic rings. The third-order valence-corrected chi connectivity index (χ3v) is 3.01. The first-order chi connectivity index (χ1) is 7.29. The molecule has 16 heavy (non-hydrogen) atoms. The summed E-state index contributed by atoms with van der Waals surface area (Å²) in [5, 5.41) is 11.1. The number of carbonyl (C=O) groups excluding carboxylic acids is 2. The van der Waals surface area contributed by atoms with Crippen LogP contribution >= 0.6 is 0 Å². The number of carboxylic acid groups (broad SMARTS) is 1. The summed E-state index contributed by atoms with van der Waals surface area (Å²) in [5.74, 6) is -1.42. The highest BCUT2D eigenvalue weighted by Crippen LogP contribution is 2.25. The van der Waals surface area contributed by atoms with Crippen molar-refractivity contribution in [3.8, 4) is 0 Å². The predicted octanol–water partition coefficient (Wildman–Crippen LogP) is 0.428. The standard InChI is InChI=1S/C10H16N2O4/c1-6(2)10(3)8(15)12(9(16)11-10)5-4-7(13)14/h6H,4-5H2,1-3H3,(H,11,16)(H,13,14). The maximum atomic E-state index is 11.9. The number of carbonyl (C=O) groups is 3. The van der Waals surface area contributed by atoms with Gasteiger partial charge in [0.05, 0.1) is 6.42 Å². The maximum Gasteiger partial charge on any atom is 0.325 e. The minimum Gasteiger partial charge on any atom is -0.481 e. The van der Waals surface area contributed by atoms with Gasteiger partial charge in [-0.2, -0.15) is 0 Å². The maximum absolute atomic E-state index is 11.9. The lowest BCUT2D eigenvalue weighted by molar-refractivity contribution is -0.138. The zero-order chi connectivity index (χ0) is 12.5. The number of imide groups is 1. The van der Waals surface area contributed by atoms with Crippen LogP contribution in [0.25, 0.3) is 0 Å². The monoisotopic (exact) mass is 228 g/mol. The van der Waals surface area contributed by atoms with Gasteiger partial charge >= 0.3 is 12.0 Å². The molecular weight excluding hydrogens is 212 g/mol. The lowest BCUT2D eigenvalue weighted by atomic mass is 9.88. The van der Waals surface area contributed by atoms with Crippen LogP contribution in [0, 0.1) is 5.92 Å². The van der Waals surface area contributed by atoms with E-state index in [0.717, 1.165) is 4.90 Å². The number of aliphatic carboxylic acids is 1. The van der Waals surface area contributed by atoms with E-state index in [1.54, 1.807) is 6.92 Å². The molecule has 1 unspecified atom stereocenters. The molecule has 90 valence electrons. The Hall–Kier alpha value is -1.59. The average Bonchev–Trinajstić information content (AvgIpc) is 2.37. The minimum absolute atomic E-state index is 0.0428. The number of urea groups is 1. The zero-order valence-electron chi connectivity index (χ0n) is 9.61. The van der Waals surface area contributed by atoms with Gasteiger partial charge < -0.3 is 10.4 Å². The Labute approximate surface area is 93.6 Å². The van der Waals surface area contributed by atoms with Crippen LogP contribution < -0.4 is 5.32 Å². The summed E-state index contributed by atoms with van der Waals surface area (Å²) in [6.45, 7) is 5.23. The second kappa shape index (κ2) is 4.11. The summed E-state index contributed by atoms with van der Waals surface area (Å²) >= 11 is 0. The van der Waals surface area contributed by atoms with Crippen molar-refractivity contribution >= 4 is 17.9 Å². The van der Waals surface area contributed by atoms with Crippen LogP contribution in [0.5, 0.6) is 0 Å². The molecule has 0 aromatic carbocycles. The van der Waals surface area contributed by atoms with Crippen molar-refractivity contribution in [3.63, 3.8) is 0 Å². The molecule has 2 N–H and O–H groups in total. The fraction of sp³-hybridized carbons (Fsp3) is 0.700. The number of nitrogens with one attached hydrogen (secondary N) is 1. The van der Waals surface area contributed by atoms with Crippen LogP contribution in [-0.2, 0) is 9.59 Å². The minimum atomic E-state index is -1.03. The average molecular weight is 228 g/mol. The van der Waals surface area contributed by atoms with Gasteiger partial charge in [0, 0.05) is 6.54 Å². The summed E-state index contributed by atoms with van der Waals surface area (Å²) in [7, 11) is 0. The van der Waals surface area contributed by atoms with Crippen molar-refractivity contribution in [3.05, 3.63) is 0 Å². The van der Waals surface area contributed by atoms with E-state index < -0.39 is 17.5 Å². The summed E-state index contributed by atoms with van der Waals surface area (Å²) < 4.78 is 0. The van der Waals surface area contributed by atoms with Gasteiger partial charge in [0.1, 0.15) is 5.54 Å². The van der Waals surface area contributed by atoms with E-state index in [1.807, 2.05) is 13.8 Å². The smallest absolute Gasteiger partial charge is 0.325 e. The molecule has 1 atom stereocenters. The van der Waals surface area contributed by atoms with Crippen molar-refractivity contribution in [2.75, 3.05) is 6.54 Å². The molecule has 1 aliphatic heterocycles. The number of amides is 3. The van der Waals surface area contributed by atoms with Crippen molar-refractivity contribution in [2.45, 2.75) is 32.7 Å². The van der Waals surface area contributed by atoms with Crippen molar-refractivity contribution in [2.24, 2.45) is 5.92 Å². The van der Waals surface area contributed by atoms with Gasteiger partial charge in [-0.15, -0.1) is 0 Å². The molecule has 0 radical (unpaired) electrons. The summed E-state index contributed by atoms with van der Waals surface area (Å²) in [5.41, 5.74) is -0.921. The topological polar surface area (TPSA) is 86.7 Å². The molecule has 1 heterocycles. The highest BCUT2D eigenvalue weighted by molar-refractivity contribution is 6.07. The number of rotatable bonds is 4. The molecule has 1 rings (SSSR count). The normalized spacial score (nSPS) is 25.1. The zero-order valence-corrected chi connectivity index (χ0v) is 9.61. The molecule has 0 aliphatic carbocycles. The highest BCUT2D eigenvalue weighted by atomic mass is 16.4. The number of hydrogen-bond donors (Lipinski definition) is 2. The lowest BCUT2D eigenvalue weighted by Crippen LogP contribution is -2.48. The number of nitrogens with zero attached hydrogens (tertiary/aromatic N) is 1. The third kappa shape index (κ3) is 2.00. The van der Waals surface area contributed by atoms with E-state index in [1.165, 1.54) is 0 Å². The Balaban J connectivity index is 2.79. The van der Waals surface area contributed by atoms with Crippen molar-refractivity contribution in [1.82, 2.24) is 10.2 Å². The van der Waals surface area contributed by atoms with Crippen LogP contribution in [0.4, 0.5) is 4.79 Å². The van der Waals surface area contributed by atoms with Crippen molar-refractivity contribution in [1.29, 1.82) is 0 Å². The molecule has 0 aromatic rings. The van der Waals surface area contributed by atoms with E-state index in [2.05, 4.69) is 5.32 Å². The van der Waals surface area contributed by atoms with E-state index >= 15 is 0 Å². The fourth-order valence-electron chi connectivity index (χ4n) is 1.52. The molecule has 0 saturated carbocycles. The first-order valence-electron chi connectivity index (χ1n) is 5.15. The molecule has 1 saturated heterocycles. The van der Waals surface area contributed by atoms with Gasteiger partial charge in [-0.1, -0.05) is 13.8 Å². The Morgan fingerprint density at radius 1 is 1.50 bits per heavy atom. The Bertz CT molecular complexity index is 340. The van der Waals surface area contributed by atoms with Crippen LogP contribution in [-0.4, -0.2) is 40.0 Å². The molecule has 0 bridgehead atoms. The summed E-state index contributed by atoms with van der Waals surface area (Å²) in [6.07, 6.45) is -0.229. The second-order valence-electron chi connectivity index (χ2n) is 4.39. The van der Waals surface area contributed by atoms with Crippen molar-refractivity contribution < 1.29 is 19.5 Å². The van der Waals surface area contributed by atoms with E-state index in [0.29, 0.717) is 0 Å². The van der Waals surface area contributed by atoms with Crippen LogP contribution in [0.1, 0.15) is 27.2 Å². The molecule has 1 fully saturated rings. The Morgan fingerprint density at radius 2 is 2.06 bits per heavy atom. The first kappa shape index (κ1) is 12.5. The Kier molecular flexibility index (Phi) is 3.21. The number of carboxylic acids is 1. The molecule has 0 aromatic heterocycles. The van der Waals surface area contributed by atoms with Gasteiger partial charge in [-0.3, -0.25) is 14.5 Å². The second-order valence-corrected chi connectivity index (χ2v) is 4.39. The molecule has 6 nitrogen and oxygen atoms in total. The van der Waals surface area contributed by atoms with E-state index in [4.69, 9.17) is 5.11 Å². The van der Waals surface area contributed by atoms with E-state index in [-0.39, 0.29) is 24.8 Å². The first-order valence-corrected chi connectivity index (χ1v) is 5.15. The van der Waals surface area contributed by atoms with Crippen LogP contribution in [0.3, 0.4) is 0 Å². The lowest BCUT2D eigenvalue weighted by Gasteiger charge is -2.25. The van der Waals surface area contributed by atoms with Gasteiger partial charge in [-0.05, 0) is 12.8 Å². The van der Waals surface area contributed by atoms with Gasteiger partial charge in [0.2, 0.25) is 0 Å². The SMILES string of the molecule is CC(C)C1(C)NC(=O)N(CCC(=O)O)C1=O. The Morgan fingerprint density at radius 3 is 2.44 bits per heavy atom. The fourth-order valence-corrected chi connectivity index (χ4v) is 1.52. The molecule has 6 heteroatoms. The van der Waals surface area contributed by atoms with E-state index in [9.17, 15) is 14.4 Å². The largest absolute Gasteiger partial charge is 0.481 e. The summed E-state index contributed by atoms with van der Waals surface area (Å²) in [6, 6.07) is -0.512. The summed E-state index contributed by atoms with van der Waals surface area (Å²) in [4.78, 5) is 34.8. The molecular formula is C10H16N2O4. The van der Waals surface area contributed by atoms with Crippen LogP contribution in [0.15, 0.2) is 0 Å². The molecule has 3 amide bonds. The quantitative estimate of drug-likeness (QED) is 0.683. The predicted molar refractivity (Wildman–Crippen MR) is 55.7 cm³/mol.